The first kappa shape index (κ1) is 14.7. The van der Waals surface area contributed by atoms with Crippen LogP contribution in [0.1, 0.15) is 44.7 Å². The Morgan fingerprint density at radius 1 is 1.28 bits per heavy atom. The van der Waals surface area contributed by atoms with E-state index in [-0.39, 0.29) is 17.9 Å². The Labute approximate surface area is 110 Å². The fourth-order valence-electron chi connectivity index (χ4n) is 1.87. The van der Waals surface area contributed by atoms with Crippen LogP contribution >= 0.6 is 0 Å². The Balaban J connectivity index is 2.43. The topological polar surface area (TPSA) is 55.1 Å². The number of hydrogen-bond donors (Lipinski definition) is 2. The SMILES string of the molecule is CCCCCNC(=O)C(C)C(N)c1ccccc1. The van der Waals surface area contributed by atoms with Crippen LogP contribution in [0.3, 0.4) is 0 Å². The monoisotopic (exact) mass is 248 g/mol. The van der Waals surface area contributed by atoms with Gasteiger partial charge in [-0.2, -0.15) is 0 Å². The van der Waals surface area contributed by atoms with Gasteiger partial charge in [0, 0.05) is 12.6 Å². The van der Waals surface area contributed by atoms with Gasteiger partial charge in [0.05, 0.1) is 5.92 Å². The van der Waals surface area contributed by atoms with Gasteiger partial charge < -0.3 is 11.1 Å². The summed E-state index contributed by atoms with van der Waals surface area (Å²) in [4.78, 5) is 11.9. The average Bonchev–Trinajstić information content (AvgIpc) is 2.42. The summed E-state index contributed by atoms with van der Waals surface area (Å²) in [5.74, 6) is -0.156. The van der Waals surface area contributed by atoms with E-state index in [9.17, 15) is 4.79 Å². The fourth-order valence-corrected chi connectivity index (χ4v) is 1.87. The number of hydrogen-bond acceptors (Lipinski definition) is 2. The molecule has 0 aliphatic heterocycles. The molecule has 2 atom stereocenters. The Morgan fingerprint density at radius 3 is 2.56 bits per heavy atom. The van der Waals surface area contributed by atoms with Crippen LogP contribution < -0.4 is 11.1 Å². The van der Waals surface area contributed by atoms with Gasteiger partial charge in [-0.1, -0.05) is 57.0 Å². The van der Waals surface area contributed by atoms with E-state index in [0.29, 0.717) is 0 Å². The summed E-state index contributed by atoms with van der Waals surface area (Å²) in [7, 11) is 0. The zero-order valence-corrected chi connectivity index (χ0v) is 11.4. The molecule has 1 aromatic carbocycles. The zero-order chi connectivity index (χ0) is 13.4. The summed E-state index contributed by atoms with van der Waals surface area (Å²) in [6, 6.07) is 9.53. The van der Waals surface area contributed by atoms with Crippen LogP contribution in [0.5, 0.6) is 0 Å². The van der Waals surface area contributed by atoms with Crippen LogP contribution in [0, 0.1) is 5.92 Å². The van der Waals surface area contributed by atoms with Crippen molar-refractivity contribution in [3.05, 3.63) is 35.9 Å². The van der Waals surface area contributed by atoms with Gasteiger partial charge in [0.2, 0.25) is 5.91 Å². The summed E-state index contributed by atoms with van der Waals surface area (Å²) in [5, 5.41) is 2.95. The summed E-state index contributed by atoms with van der Waals surface area (Å²) in [6.45, 7) is 4.78. The van der Waals surface area contributed by atoms with Crippen molar-refractivity contribution >= 4 is 5.91 Å². The van der Waals surface area contributed by atoms with Crippen molar-refractivity contribution in [2.45, 2.75) is 39.2 Å². The second-order valence-electron chi connectivity index (χ2n) is 4.72. The molecule has 3 nitrogen and oxygen atoms in total. The maximum Gasteiger partial charge on any atom is 0.224 e. The van der Waals surface area contributed by atoms with Crippen molar-refractivity contribution in [3.63, 3.8) is 0 Å². The van der Waals surface area contributed by atoms with Crippen molar-refractivity contribution in [2.75, 3.05) is 6.54 Å². The van der Waals surface area contributed by atoms with Crippen molar-refractivity contribution in [2.24, 2.45) is 11.7 Å². The Morgan fingerprint density at radius 2 is 1.94 bits per heavy atom. The smallest absolute Gasteiger partial charge is 0.224 e. The fraction of sp³-hybridized carbons (Fsp3) is 0.533. The third kappa shape index (κ3) is 4.49. The first-order chi connectivity index (χ1) is 8.66. The zero-order valence-electron chi connectivity index (χ0n) is 11.4. The number of carbonyl (C=O) groups is 1. The molecule has 18 heavy (non-hydrogen) atoms. The molecule has 0 spiro atoms. The summed E-state index contributed by atoms with van der Waals surface area (Å²) < 4.78 is 0. The molecular weight excluding hydrogens is 224 g/mol. The lowest BCUT2D eigenvalue weighted by Gasteiger charge is -2.19. The third-order valence-corrected chi connectivity index (χ3v) is 3.22. The molecule has 0 bridgehead atoms. The van der Waals surface area contributed by atoms with Crippen LogP contribution in [0.4, 0.5) is 0 Å². The van der Waals surface area contributed by atoms with Crippen molar-refractivity contribution in [3.8, 4) is 0 Å². The maximum absolute atomic E-state index is 11.9. The predicted octanol–water partition coefficient (Wildman–Crippen LogP) is 2.63. The lowest BCUT2D eigenvalue weighted by atomic mass is 9.94. The summed E-state index contributed by atoms with van der Waals surface area (Å²) >= 11 is 0. The molecule has 1 aromatic rings. The third-order valence-electron chi connectivity index (χ3n) is 3.22. The molecule has 100 valence electrons. The molecule has 0 radical (unpaired) electrons. The number of nitrogens with two attached hydrogens (primary N) is 1. The minimum atomic E-state index is -0.239. The normalized spacial score (nSPS) is 13.9. The highest BCUT2D eigenvalue weighted by atomic mass is 16.1. The van der Waals surface area contributed by atoms with Gasteiger partial charge in [0.15, 0.2) is 0 Å². The number of benzene rings is 1. The van der Waals surface area contributed by atoms with Gasteiger partial charge in [0.1, 0.15) is 0 Å². The van der Waals surface area contributed by atoms with E-state index in [2.05, 4.69) is 12.2 Å². The molecule has 3 heteroatoms. The highest BCUT2D eigenvalue weighted by molar-refractivity contribution is 5.79. The number of unbranched alkanes of at least 4 members (excludes halogenated alkanes) is 2. The highest BCUT2D eigenvalue weighted by Gasteiger charge is 2.21. The molecule has 0 saturated carbocycles. The summed E-state index contributed by atoms with van der Waals surface area (Å²) in [5.41, 5.74) is 7.12. The molecular formula is C15H24N2O. The van der Waals surface area contributed by atoms with Gasteiger partial charge in [-0.25, -0.2) is 0 Å². The van der Waals surface area contributed by atoms with Crippen LogP contribution in [0.25, 0.3) is 0 Å². The van der Waals surface area contributed by atoms with E-state index in [1.54, 1.807) is 0 Å². The first-order valence-electron chi connectivity index (χ1n) is 6.75. The van der Waals surface area contributed by atoms with E-state index < -0.39 is 0 Å². The molecule has 0 aromatic heterocycles. The second-order valence-corrected chi connectivity index (χ2v) is 4.72. The highest BCUT2D eigenvalue weighted by Crippen LogP contribution is 2.18. The second kappa shape index (κ2) is 7.88. The number of amides is 1. The molecule has 0 aliphatic rings. The minimum absolute atomic E-state index is 0.0439. The van der Waals surface area contributed by atoms with E-state index in [0.717, 1.165) is 31.4 Å². The molecule has 0 fully saturated rings. The van der Waals surface area contributed by atoms with E-state index in [1.807, 2.05) is 37.3 Å². The lowest BCUT2D eigenvalue weighted by Crippen LogP contribution is -2.36. The number of carbonyl (C=O) groups excluding carboxylic acids is 1. The standard InChI is InChI=1S/C15H24N2O/c1-3-4-8-11-17-15(18)12(2)14(16)13-9-6-5-7-10-13/h5-7,9-10,12,14H,3-4,8,11,16H2,1-2H3,(H,17,18). The average molecular weight is 248 g/mol. The first-order valence-corrected chi connectivity index (χ1v) is 6.75. The molecule has 1 rings (SSSR count). The summed E-state index contributed by atoms with van der Waals surface area (Å²) in [6.07, 6.45) is 3.35. The lowest BCUT2D eigenvalue weighted by molar-refractivity contribution is -0.125. The van der Waals surface area contributed by atoms with Gasteiger partial charge >= 0.3 is 0 Å². The van der Waals surface area contributed by atoms with Crippen molar-refractivity contribution < 1.29 is 4.79 Å². The molecule has 1 amide bonds. The van der Waals surface area contributed by atoms with Gasteiger partial charge in [-0.3, -0.25) is 4.79 Å². The Hall–Kier alpha value is -1.35. The van der Waals surface area contributed by atoms with E-state index in [4.69, 9.17) is 5.73 Å². The molecule has 0 heterocycles. The molecule has 0 saturated heterocycles. The van der Waals surface area contributed by atoms with Gasteiger partial charge in [0.25, 0.3) is 0 Å². The van der Waals surface area contributed by atoms with Gasteiger partial charge in [-0.05, 0) is 12.0 Å². The molecule has 3 N–H and O–H groups in total. The number of rotatable bonds is 7. The Bertz CT molecular complexity index is 351. The van der Waals surface area contributed by atoms with Crippen LogP contribution in [-0.4, -0.2) is 12.5 Å². The predicted molar refractivity (Wildman–Crippen MR) is 75.1 cm³/mol. The van der Waals surface area contributed by atoms with E-state index >= 15 is 0 Å². The molecule has 0 aliphatic carbocycles. The van der Waals surface area contributed by atoms with Crippen molar-refractivity contribution in [1.29, 1.82) is 0 Å². The number of nitrogens with one attached hydrogen (secondary N) is 1. The Kier molecular flexibility index (Phi) is 6.44. The van der Waals surface area contributed by atoms with Crippen molar-refractivity contribution in [1.82, 2.24) is 5.32 Å². The largest absolute Gasteiger partial charge is 0.356 e. The van der Waals surface area contributed by atoms with Crippen LogP contribution in [-0.2, 0) is 4.79 Å². The maximum atomic E-state index is 11.9. The molecule has 2 unspecified atom stereocenters. The van der Waals surface area contributed by atoms with Crippen LogP contribution in [0.2, 0.25) is 0 Å². The quantitative estimate of drug-likeness (QED) is 0.729. The minimum Gasteiger partial charge on any atom is -0.356 e. The van der Waals surface area contributed by atoms with Gasteiger partial charge in [-0.15, -0.1) is 0 Å². The van der Waals surface area contributed by atoms with Crippen LogP contribution in [0.15, 0.2) is 30.3 Å². The van der Waals surface area contributed by atoms with E-state index in [1.165, 1.54) is 0 Å².